The predicted octanol–water partition coefficient (Wildman–Crippen LogP) is 1.79. The number of hydrogen-bond donors (Lipinski definition) is 3. The third kappa shape index (κ3) is 4.16. The van der Waals surface area contributed by atoms with Crippen LogP contribution >= 0.6 is 0 Å². The predicted molar refractivity (Wildman–Crippen MR) is 104 cm³/mol. The minimum atomic E-state index is -4.62. The van der Waals surface area contributed by atoms with Crippen LogP contribution in [0.5, 0.6) is 0 Å². The van der Waals surface area contributed by atoms with Crippen molar-refractivity contribution in [1.82, 2.24) is 0 Å². The first-order valence-electron chi connectivity index (χ1n) is 9.91. The summed E-state index contributed by atoms with van der Waals surface area (Å²) < 4.78 is 40.9. The molecule has 0 radical (unpaired) electrons. The Kier molecular flexibility index (Phi) is 6.01. The van der Waals surface area contributed by atoms with Crippen molar-refractivity contribution in [3.8, 4) is 0 Å². The van der Waals surface area contributed by atoms with Gasteiger partial charge in [-0.3, -0.25) is 4.55 Å². The maximum Gasteiger partial charge on any atom is 0.397 e. The van der Waals surface area contributed by atoms with E-state index in [1.165, 1.54) is 0 Å². The van der Waals surface area contributed by atoms with Crippen LogP contribution in [0.25, 0.3) is 0 Å². The zero-order chi connectivity index (χ0) is 21.6. The number of ether oxygens (including phenoxy) is 1. The van der Waals surface area contributed by atoms with Crippen molar-refractivity contribution in [1.29, 1.82) is 0 Å². The molecule has 8 nitrogen and oxygen atoms in total. The van der Waals surface area contributed by atoms with Crippen molar-refractivity contribution in [2.24, 2.45) is 22.7 Å². The highest BCUT2D eigenvalue weighted by molar-refractivity contribution is 7.80. The topological polar surface area (TPSA) is 130 Å². The van der Waals surface area contributed by atoms with Gasteiger partial charge in [-0.25, -0.2) is 8.98 Å². The number of carbonyl (C=O) groups is 1. The molecule has 0 aromatic carbocycles. The van der Waals surface area contributed by atoms with Gasteiger partial charge in [-0.2, -0.15) is 8.42 Å². The van der Waals surface area contributed by atoms with Crippen LogP contribution < -0.4 is 0 Å². The van der Waals surface area contributed by atoms with Crippen LogP contribution in [0.1, 0.15) is 46.0 Å². The SMILES string of the molecule is C=C1CC[C@@H]2[C@](C)(COS(=O)(=O)O)[C@H](O)CC[C@@]2(C)[C@@H]1C/C=C1/C(=O)OC[C@H]1O. The molecule has 2 aliphatic carbocycles. The molecule has 1 aliphatic heterocycles. The van der Waals surface area contributed by atoms with Gasteiger partial charge in [0.25, 0.3) is 0 Å². The van der Waals surface area contributed by atoms with Gasteiger partial charge >= 0.3 is 16.4 Å². The van der Waals surface area contributed by atoms with Gasteiger partial charge in [0.05, 0.1) is 18.3 Å². The molecule has 0 spiro atoms. The molecule has 3 rings (SSSR count). The van der Waals surface area contributed by atoms with E-state index >= 15 is 0 Å². The minimum absolute atomic E-state index is 0.00749. The number of cyclic esters (lactones) is 1. The smallest absolute Gasteiger partial charge is 0.397 e. The van der Waals surface area contributed by atoms with Gasteiger partial charge in [-0.05, 0) is 49.4 Å². The Morgan fingerprint density at radius 1 is 1.31 bits per heavy atom. The molecule has 0 aromatic heterocycles. The molecule has 0 amide bonds. The molecular weight excluding hydrogens is 400 g/mol. The van der Waals surface area contributed by atoms with Gasteiger partial charge in [0, 0.05) is 5.41 Å². The van der Waals surface area contributed by atoms with Crippen LogP contribution in [-0.4, -0.2) is 54.6 Å². The summed E-state index contributed by atoms with van der Waals surface area (Å²) in [4.78, 5) is 11.8. The third-order valence-electron chi connectivity index (χ3n) is 7.41. The monoisotopic (exact) mass is 430 g/mol. The van der Waals surface area contributed by atoms with E-state index in [-0.39, 0.29) is 36.0 Å². The fraction of sp³-hybridized carbons (Fsp3) is 0.750. The van der Waals surface area contributed by atoms with E-state index in [2.05, 4.69) is 13.5 Å². The Morgan fingerprint density at radius 3 is 2.59 bits per heavy atom. The maximum absolute atomic E-state index is 11.8. The van der Waals surface area contributed by atoms with E-state index in [4.69, 9.17) is 13.5 Å². The van der Waals surface area contributed by atoms with Gasteiger partial charge in [-0.1, -0.05) is 32.1 Å². The average molecular weight is 431 g/mol. The van der Waals surface area contributed by atoms with E-state index in [1.54, 1.807) is 13.0 Å². The van der Waals surface area contributed by atoms with Gasteiger partial charge in [0.1, 0.15) is 12.7 Å². The summed E-state index contributed by atoms with van der Waals surface area (Å²) >= 11 is 0. The molecule has 1 saturated heterocycles. The molecule has 6 atom stereocenters. The number of hydrogen-bond acceptors (Lipinski definition) is 7. The lowest BCUT2D eigenvalue weighted by atomic mass is 9.46. The van der Waals surface area contributed by atoms with Gasteiger partial charge in [0.15, 0.2) is 0 Å². The van der Waals surface area contributed by atoms with E-state index in [0.717, 1.165) is 12.0 Å². The first-order chi connectivity index (χ1) is 13.4. The van der Waals surface area contributed by atoms with Crippen LogP contribution in [0.15, 0.2) is 23.8 Å². The lowest BCUT2D eigenvalue weighted by molar-refractivity contribution is -0.147. The molecule has 29 heavy (non-hydrogen) atoms. The lowest BCUT2D eigenvalue weighted by Gasteiger charge is -2.60. The summed E-state index contributed by atoms with van der Waals surface area (Å²) in [7, 11) is -4.62. The van der Waals surface area contributed by atoms with Crippen molar-refractivity contribution >= 4 is 16.4 Å². The van der Waals surface area contributed by atoms with E-state index < -0.39 is 34.0 Å². The van der Waals surface area contributed by atoms with Crippen molar-refractivity contribution in [2.75, 3.05) is 13.2 Å². The molecule has 164 valence electrons. The number of aliphatic hydroxyl groups is 2. The van der Waals surface area contributed by atoms with Gasteiger partial charge in [0.2, 0.25) is 0 Å². The zero-order valence-electron chi connectivity index (χ0n) is 16.8. The van der Waals surface area contributed by atoms with Crippen molar-refractivity contribution < 1.29 is 36.9 Å². The van der Waals surface area contributed by atoms with Gasteiger partial charge in [-0.15, -0.1) is 0 Å². The molecule has 0 unspecified atom stereocenters. The van der Waals surface area contributed by atoms with E-state index in [9.17, 15) is 23.4 Å². The minimum Gasteiger partial charge on any atom is -0.459 e. The molecule has 3 N–H and O–H groups in total. The largest absolute Gasteiger partial charge is 0.459 e. The zero-order valence-corrected chi connectivity index (χ0v) is 17.7. The van der Waals surface area contributed by atoms with Crippen LogP contribution in [0.3, 0.4) is 0 Å². The molecule has 2 saturated carbocycles. The summed E-state index contributed by atoms with van der Waals surface area (Å²) in [5.41, 5.74) is 0.129. The molecule has 0 aromatic rings. The highest BCUT2D eigenvalue weighted by Gasteiger charge is 2.58. The first-order valence-corrected chi connectivity index (χ1v) is 11.3. The fourth-order valence-corrected chi connectivity index (χ4v) is 6.15. The molecule has 9 heteroatoms. The number of allylic oxidation sites excluding steroid dienone is 2. The Labute approximate surface area is 171 Å². The molecule has 1 heterocycles. The summed E-state index contributed by atoms with van der Waals surface area (Å²) in [6.45, 7) is 7.79. The fourth-order valence-electron chi connectivity index (χ4n) is 5.75. The van der Waals surface area contributed by atoms with Gasteiger partial charge < -0.3 is 14.9 Å². The van der Waals surface area contributed by atoms with E-state index in [1.807, 2.05) is 0 Å². The highest BCUT2D eigenvalue weighted by atomic mass is 32.3. The second-order valence-corrected chi connectivity index (χ2v) is 10.2. The second-order valence-electron chi connectivity index (χ2n) is 9.07. The van der Waals surface area contributed by atoms with Crippen LogP contribution in [0.2, 0.25) is 0 Å². The number of carbonyl (C=O) groups excluding carboxylic acids is 1. The van der Waals surface area contributed by atoms with Crippen LogP contribution in [0, 0.1) is 22.7 Å². The number of aliphatic hydroxyl groups excluding tert-OH is 2. The highest BCUT2D eigenvalue weighted by Crippen LogP contribution is 2.62. The Bertz CT molecular complexity index is 818. The summed E-state index contributed by atoms with van der Waals surface area (Å²) in [5.74, 6) is -0.590. The summed E-state index contributed by atoms with van der Waals surface area (Å²) in [6.07, 6.45) is 3.12. The Morgan fingerprint density at radius 2 is 2.00 bits per heavy atom. The third-order valence-corrected chi connectivity index (χ3v) is 7.83. The van der Waals surface area contributed by atoms with Crippen LogP contribution in [-0.2, 0) is 24.1 Å². The summed E-state index contributed by atoms with van der Waals surface area (Å²) in [6, 6.07) is 0. The van der Waals surface area contributed by atoms with Crippen molar-refractivity contribution in [2.45, 2.75) is 58.2 Å². The number of fused-ring (bicyclic) bond motifs is 1. The summed E-state index contributed by atoms with van der Waals surface area (Å²) in [5, 5.41) is 20.7. The number of rotatable bonds is 5. The average Bonchev–Trinajstić information content (AvgIpc) is 2.94. The van der Waals surface area contributed by atoms with E-state index in [0.29, 0.717) is 25.7 Å². The molecule has 3 fully saturated rings. The lowest BCUT2D eigenvalue weighted by Crippen LogP contribution is -2.57. The van der Waals surface area contributed by atoms with Crippen molar-refractivity contribution in [3.63, 3.8) is 0 Å². The van der Waals surface area contributed by atoms with Crippen molar-refractivity contribution in [3.05, 3.63) is 23.8 Å². The molecular formula is C20H30O8S. The maximum atomic E-state index is 11.8. The Balaban J connectivity index is 1.89. The standard InChI is InChI=1S/C20H30O8S/c1-12-4-7-16-19(2,14(12)6-5-13-15(21)10-27-18(13)23)9-8-17(22)20(16,3)11-28-29(24,25)26/h5,14-17,21-22H,1,4,6-11H2,2-3H3,(H,24,25,26)/b13-5+/t14-,15-,16+,17-,19+,20+/m1/s1. The Hall–Kier alpha value is -1.26. The first kappa shape index (κ1) is 22.4. The second kappa shape index (κ2) is 7.77. The molecule has 3 aliphatic rings. The molecule has 0 bridgehead atoms. The number of esters is 1. The quantitative estimate of drug-likeness (QED) is 0.260. The normalized spacial score (nSPS) is 42.0. The van der Waals surface area contributed by atoms with Crippen LogP contribution in [0.4, 0.5) is 0 Å².